The van der Waals surface area contributed by atoms with Crippen molar-refractivity contribution < 1.29 is 28.6 Å². The Labute approximate surface area is 457 Å². The van der Waals surface area contributed by atoms with Gasteiger partial charge in [-0.05, 0) is 109 Å². The first kappa shape index (κ1) is 70.1. The molecule has 0 aliphatic heterocycles. The van der Waals surface area contributed by atoms with E-state index < -0.39 is 6.10 Å². The lowest BCUT2D eigenvalue weighted by molar-refractivity contribution is -0.167. The van der Waals surface area contributed by atoms with E-state index in [1.54, 1.807) is 0 Å². The second kappa shape index (κ2) is 61.6. The molecule has 0 saturated heterocycles. The fourth-order valence-electron chi connectivity index (χ4n) is 8.39. The van der Waals surface area contributed by atoms with Crippen LogP contribution in [-0.4, -0.2) is 37.2 Å². The van der Waals surface area contributed by atoms with Gasteiger partial charge in [-0.3, -0.25) is 14.4 Å². The molecule has 0 aromatic rings. The van der Waals surface area contributed by atoms with Crippen LogP contribution in [0.2, 0.25) is 0 Å². The molecule has 0 aromatic heterocycles. The Kier molecular flexibility index (Phi) is 58.3. The predicted molar refractivity (Wildman–Crippen MR) is 320 cm³/mol. The lowest BCUT2D eigenvalue weighted by atomic mass is 10.1. The maximum atomic E-state index is 12.9. The molecular formula is C68H114O6. The van der Waals surface area contributed by atoms with E-state index in [0.29, 0.717) is 19.3 Å². The first-order valence-corrected chi connectivity index (χ1v) is 30.9. The topological polar surface area (TPSA) is 78.9 Å². The van der Waals surface area contributed by atoms with Crippen molar-refractivity contribution in [2.24, 2.45) is 0 Å². The summed E-state index contributed by atoms with van der Waals surface area (Å²) in [5.74, 6) is -0.899. The van der Waals surface area contributed by atoms with Gasteiger partial charge in [-0.25, -0.2) is 0 Å². The summed E-state index contributed by atoms with van der Waals surface area (Å²) in [7, 11) is 0. The van der Waals surface area contributed by atoms with Crippen LogP contribution >= 0.6 is 0 Å². The van der Waals surface area contributed by atoms with Crippen molar-refractivity contribution in [3.8, 4) is 0 Å². The van der Waals surface area contributed by atoms with Crippen LogP contribution in [0.3, 0.4) is 0 Å². The molecule has 0 amide bonds. The summed E-state index contributed by atoms with van der Waals surface area (Å²) in [6.07, 6.45) is 83.8. The molecule has 0 aromatic carbocycles. The molecule has 0 radical (unpaired) electrons. The zero-order valence-electron chi connectivity index (χ0n) is 48.3. The molecular weight excluding hydrogens is 913 g/mol. The number of hydrogen-bond donors (Lipinski definition) is 0. The molecule has 0 aliphatic rings. The lowest BCUT2D eigenvalue weighted by Crippen LogP contribution is -2.30. The number of carbonyl (C=O) groups is 3. The number of unbranched alkanes of at least 4 members (excludes halogenated alkanes) is 26. The Balaban J connectivity index is 4.23. The van der Waals surface area contributed by atoms with E-state index >= 15 is 0 Å². The first-order chi connectivity index (χ1) is 36.5. The third-order valence-corrected chi connectivity index (χ3v) is 13.0. The Morgan fingerprint density at radius 3 is 0.851 bits per heavy atom. The Hall–Kier alpha value is -3.93. The highest BCUT2D eigenvalue weighted by atomic mass is 16.6. The molecule has 0 aliphatic carbocycles. The molecule has 1 atom stereocenters. The molecule has 422 valence electrons. The second-order valence-electron chi connectivity index (χ2n) is 20.2. The third kappa shape index (κ3) is 59.0. The number of carbonyl (C=O) groups excluding carboxylic acids is 3. The quantitative estimate of drug-likeness (QED) is 0.0261. The van der Waals surface area contributed by atoms with Crippen molar-refractivity contribution in [2.45, 2.75) is 290 Å². The van der Waals surface area contributed by atoms with Crippen molar-refractivity contribution in [1.29, 1.82) is 0 Å². The van der Waals surface area contributed by atoms with Gasteiger partial charge in [0.15, 0.2) is 6.10 Å². The van der Waals surface area contributed by atoms with Gasteiger partial charge in [0.2, 0.25) is 0 Å². The molecule has 0 saturated carbocycles. The first-order valence-electron chi connectivity index (χ1n) is 30.9. The molecule has 0 N–H and O–H groups in total. The lowest BCUT2D eigenvalue weighted by Gasteiger charge is -2.18. The Morgan fingerprint density at radius 1 is 0.284 bits per heavy atom. The van der Waals surface area contributed by atoms with Gasteiger partial charge in [0.1, 0.15) is 13.2 Å². The second-order valence-corrected chi connectivity index (χ2v) is 20.2. The summed E-state index contributed by atoms with van der Waals surface area (Å²) in [6, 6.07) is 0. The highest BCUT2D eigenvalue weighted by Gasteiger charge is 2.19. The van der Waals surface area contributed by atoms with E-state index in [1.165, 1.54) is 128 Å². The molecule has 1 unspecified atom stereocenters. The molecule has 0 bridgehead atoms. The zero-order chi connectivity index (χ0) is 53.6. The highest BCUT2D eigenvalue weighted by Crippen LogP contribution is 2.15. The molecule has 0 heterocycles. The molecule has 0 spiro atoms. The van der Waals surface area contributed by atoms with E-state index in [2.05, 4.69) is 130 Å². The number of rotatable bonds is 55. The SMILES string of the molecule is CC/C=C\C/C=C\C/C=C\C/C=C\C/C=C\C/C=C\C/C=C\CCCCCCCCCC(=O)OCC(COC(=O)CCCCCCCCCC)OC(=O)CCCCCCCCCCC/C=C\C/C=C\CCCCC. The summed E-state index contributed by atoms with van der Waals surface area (Å²) >= 11 is 0. The van der Waals surface area contributed by atoms with Crippen LogP contribution in [0.5, 0.6) is 0 Å². The summed E-state index contributed by atoms with van der Waals surface area (Å²) in [5.41, 5.74) is 0. The van der Waals surface area contributed by atoms with Gasteiger partial charge in [-0.15, -0.1) is 0 Å². The molecule has 0 fully saturated rings. The van der Waals surface area contributed by atoms with Crippen molar-refractivity contribution in [1.82, 2.24) is 0 Å². The van der Waals surface area contributed by atoms with Crippen molar-refractivity contribution >= 4 is 17.9 Å². The van der Waals surface area contributed by atoms with Crippen LogP contribution in [0.1, 0.15) is 284 Å². The van der Waals surface area contributed by atoms with E-state index in [-0.39, 0.29) is 31.1 Å². The summed E-state index contributed by atoms with van der Waals surface area (Å²) in [4.78, 5) is 38.1. The minimum Gasteiger partial charge on any atom is -0.462 e. The highest BCUT2D eigenvalue weighted by molar-refractivity contribution is 5.71. The summed E-state index contributed by atoms with van der Waals surface area (Å²) in [6.45, 7) is 6.47. The van der Waals surface area contributed by atoms with Gasteiger partial charge in [-0.1, -0.05) is 265 Å². The van der Waals surface area contributed by atoms with Gasteiger partial charge in [-0.2, -0.15) is 0 Å². The number of hydrogen-bond acceptors (Lipinski definition) is 6. The molecule has 6 nitrogen and oxygen atoms in total. The maximum Gasteiger partial charge on any atom is 0.306 e. The van der Waals surface area contributed by atoms with Gasteiger partial charge in [0.25, 0.3) is 0 Å². The average molecular weight is 1030 g/mol. The summed E-state index contributed by atoms with van der Waals surface area (Å²) < 4.78 is 16.8. The van der Waals surface area contributed by atoms with Crippen LogP contribution in [0.15, 0.2) is 109 Å². The number of ether oxygens (including phenoxy) is 3. The van der Waals surface area contributed by atoms with Crippen LogP contribution in [0.4, 0.5) is 0 Å². The normalized spacial score (nSPS) is 12.9. The number of allylic oxidation sites excluding steroid dienone is 18. The van der Waals surface area contributed by atoms with Crippen molar-refractivity contribution in [2.75, 3.05) is 13.2 Å². The molecule has 74 heavy (non-hydrogen) atoms. The zero-order valence-corrected chi connectivity index (χ0v) is 48.3. The van der Waals surface area contributed by atoms with Gasteiger partial charge in [0, 0.05) is 19.3 Å². The van der Waals surface area contributed by atoms with Crippen molar-refractivity contribution in [3.63, 3.8) is 0 Å². The minimum atomic E-state index is -0.784. The van der Waals surface area contributed by atoms with E-state index in [0.717, 1.165) is 116 Å². The van der Waals surface area contributed by atoms with E-state index in [9.17, 15) is 14.4 Å². The monoisotopic (exact) mass is 1030 g/mol. The van der Waals surface area contributed by atoms with Crippen LogP contribution in [-0.2, 0) is 28.6 Å². The van der Waals surface area contributed by atoms with Gasteiger partial charge < -0.3 is 14.2 Å². The molecule has 6 heteroatoms. The van der Waals surface area contributed by atoms with Crippen LogP contribution in [0.25, 0.3) is 0 Å². The largest absolute Gasteiger partial charge is 0.462 e. The molecule has 0 rings (SSSR count). The fourth-order valence-corrected chi connectivity index (χ4v) is 8.39. The fraction of sp³-hybridized carbons (Fsp3) is 0.691. The van der Waals surface area contributed by atoms with E-state index in [4.69, 9.17) is 14.2 Å². The van der Waals surface area contributed by atoms with Crippen LogP contribution in [0, 0.1) is 0 Å². The maximum absolute atomic E-state index is 12.9. The Morgan fingerprint density at radius 2 is 0.527 bits per heavy atom. The van der Waals surface area contributed by atoms with Gasteiger partial charge >= 0.3 is 17.9 Å². The standard InChI is InChI=1S/C68H114O6/c1-4-7-10-13-16-19-21-23-25-27-29-30-31-32-33-34-35-36-37-38-40-41-43-45-47-49-52-55-58-61-67(70)73-64-65(63-72-66(69)60-57-54-51-18-15-12-9-6-3)74-68(71)62-59-56-53-50-48-46-44-42-39-28-26-24-22-20-17-14-11-8-5-2/h7,10,16-17,19-20,23-26,29-30,32-33,35-36,38,40,65H,4-6,8-9,11-15,18,21-22,27-28,31,34,37,39,41-64H2,1-3H3/b10-7-,19-16-,20-17-,25-23-,26-24-,30-29-,33-32-,36-35-,40-38-. The Bertz CT molecular complexity index is 1510. The number of esters is 3. The van der Waals surface area contributed by atoms with Crippen LogP contribution < -0.4 is 0 Å². The predicted octanol–water partition coefficient (Wildman–Crippen LogP) is 21.0. The third-order valence-electron chi connectivity index (χ3n) is 13.0. The summed E-state index contributed by atoms with van der Waals surface area (Å²) in [5, 5.41) is 0. The van der Waals surface area contributed by atoms with Gasteiger partial charge in [0.05, 0.1) is 0 Å². The average Bonchev–Trinajstić information content (AvgIpc) is 3.40. The van der Waals surface area contributed by atoms with E-state index in [1.807, 2.05) is 0 Å². The minimum absolute atomic E-state index is 0.0824. The van der Waals surface area contributed by atoms with Crippen molar-refractivity contribution in [3.05, 3.63) is 109 Å². The smallest absolute Gasteiger partial charge is 0.306 e.